The van der Waals surface area contributed by atoms with Crippen LogP contribution in [0.25, 0.3) is 22.0 Å². The Bertz CT molecular complexity index is 1760. The van der Waals surface area contributed by atoms with Gasteiger partial charge in [0.15, 0.2) is 22.9 Å². The molecule has 0 saturated carbocycles. The van der Waals surface area contributed by atoms with Crippen LogP contribution in [-0.2, 0) is 4.79 Å². The molecule has 0 spiro atoms. The summed E-state index contributed by atoms with van der Waals surface area (Å²) in [6.45, 7) is 1.94. The molecule has 2 N–H and O–H groups in total. The second kappa shape index (κ2) is 8.49. The first-order chi connectivity index (χ1) is 17.9. The molecule has 0 radical (unpaired) electrons. The number of imidazole rings is 1. The molecule has 0 aliphatic carbocycles. The number of aliphatic hydroxyl groups excluding tert-OH is 1. The van der Waals surface area contributed by atoms with Crippen LogP contribution in [0.4, 0.5) is 5.95 Å². The fourth-order valence-electron chi connectivity index (χ4n) is 4.62. The summed E-state index contributed by atoms with van der Waals surface area (Å²) in [6.07, 6.45) is 3.11. The Balaban J connectivity index is 1.50. The van der Waals surface area contributed by atoms with E-state index in [2.05, 4.69) is 15.0 Å². The molecule has 1 unspecified atom stereocenters. The lowest BCUT2D eigenvalue weighted by Crippen LogP contribution is -2.32. The van der Waals surface area contributed by atoms with Crippen molar-refractivity contribution in [3.63, 3.8) is 0 Å². The van der Waals surface area contributed by atoms with Gasteiger partial charge in [0.25, 0.3) is 5.91 Å². The highest BCUT2D eigenvalue weighted by Gasteiger charge is 2.46. The number of hydrogen-bond acceptors (Lipinski definition) is 7. The lowest BCUT2D eigenvalue weighted by Gasteiger charge is -2.23. The quantitative estimate of drug-likeness (QED) is 0.299. The van der Waals surface area contributed by atoms with Crippen molar-refractivity contribution in [2.75, 3.05) is 12.0 Å². The number of rotatable bonds is 5. The van der Waals surface area contributed by atoms with Crippen molar-refractivity contribution in [3.05, 3.63) is 94.2 Å². The Morgan fingerprint density at radius 1 is 1.22 bits per heavy atom. The van der Waals surface area contributed by atoms with Crippen LogP contribution in [0.5, 0.6) is 5.75 Å². The number of pyridine rings is 1. The Hall–Kier alpha value is -4.63. The van der Waals surface area contributed by atoms with Crippen molar-refractivity contribution < 1.29 is 23.8 Å². The van der Waals surface area contributed by atoms with E-state index < -0.39 is 23.5 Å². The zero-order chi connectivity index (χ0) is 25.8. The summed E-state index contributed by atoms with van der Waals surface area (Å²) >= 11 is 6.17. The number of ketones is 1. The molecule has 1 aliphatic rings. The molecule has 2 aromatic carbocycles. The number of halogens is 1. The van der Waals surface area contributed by atoms with Gasteiger partial charge in [0.05, 0.1) is 29.8 Å². The van der Waals surface area contributed by atoms with E-state index in [4.69, 9.17) is 20.8 Å². The number of H-pyrrole nitrogens is 1. The number of benzene rings is 2. The Morgan fingerprint density at radius 3 is 2.81 bits per heavy atom. The van der Waals surface area contributed by atoms with Gasteiger partial charge < -0.3 is 19.2 Å². The van der Waals surface area contributed by atoms with Crippen molar-refractivity contribution in [1.82, 2.24) is 15.0 Å². The summed E-state index contributed by atoms with van der Waals surface area (Å²) in [7, 11) is 1.46. The summed E-state index contributed by atoms with van der Waals surface area (Å²) in [5.74, 6) is -1.67. The molecule has 37 heavy (non-hydrogen) atoms. The fourth-order valence-corrected chi connectivity index (χ4v) is 4.83. The predicted molar refractivity (Wildman–Crippen MR) is 137 cm³/mol. The van der Waals surface area contributed by atoms with E-state index in [-0.39, 0.29) is 17.3 Å². The maximum absolute atomic E-state index is 13.8. The summed E-state index contributed by atoms with van der Waals surface area (Å²) in [6, 6.07) is 12.7. The van der Waals surface area contributed by atoms with Crippen molar-refractivity contribution in [2.45, 2.75) is 13.0 Å². The minimum absolute atomic E-state index is 0.0825. The normalized spacial score (nSPS) is 15.8. The zero-order valence-corrected chi connectivity index (χ0v) is 20.4. The van der Waals surface area contributed by atoms with Crippen LogP contribution >= 0.6 is 11.6 Å². The number of aryl methyl sites for hydroxylation is 1. The first-order valence-corrected chi connectivity index (χ1v) is 11.7. The molecule has 4 heterocycles. The van der Waals surface area contributed by atoms with Crippen molar-refractivity contribution in [1.29, 1.82) is 0 Å². The standard InChI is InChI=1S/C27H19ClN4O5/c1-13-5-6-17-18(8-13)31-27(30-17)32-22(14-4-3-7-29-12-14)21(24(34)26(32)35)23(33)19-10-15-9-16(28)11-20(36-2)25(15)37-19/h3-12,22,34H,1-2H3,(H,30,31). The second-order valence-electron chi connectivity index (χ2n) is 8.67. The highest BCUT2D eigenvalue weighted by atomic mass is 35.5. The number of aliphatic hydroxyl groups is 1. The van der Waals surface area contributed by atoms with Crippen LogP contribution < -0.4 is 9.64 Å². The number of nitrogens with one attached hydrogen (secondary N) is 1. The number of furan rings is 1. The number of aromatic amines is 1. The van der Waals surface area contributed by atoms with Crippen LogP contribution in [-0.4, -0.2) is 38.9 Å². The maximum Gasteiger partial charge on any atom is 0.296 e. The average Bonchev–Trinajstić information content (AvgIpc) is 3.57. The van der Waals surface area contributed by atoms with Crippen molar-refractivity contribution in [3.8, 4) is 5.75 Å². The van der Waals surface area contributed by atoms with Gasteiger partial charge in [0.1, 0.15) is 0 Å². The number of carbonyl (C=O) groups excluding carboxylic acids is 2. The van der Waals surface area contributed by atoms with E-state index in [0.717, 1.165) is 5.56 Å². The lowest BCUT2D eigenvalue weighted by atomic mass is 9.96. The minimum atomic E-state index is -1.01. The van der Waals surface area contributed by atoms with E-state index in [1.165, 1.54) is 24.3 Å². The SMILES string of the molecule is COc1cc(Cl)cc2cc(C(=O)C3=C(O)C(=O)N(c4nc5ccc(C)cc5[nH]4)C3c3cccnc3)oc12. The molecule has 3 aromatic heterocycles. The third-order valence-corrected chi connectivity index (χ3v) is 6.51. The second-order valence-corrected chi connectivity index (χ2v) is 9.11. The molecule has 0 saturated heterocycles. The van der Waals surface area contributed by atoms with Gasteiger partial charge in [-0.3, -0.25) is 19.5 Å². The van der Waals surface area contributed by atoms with Crippen LogP contribution in [0.2, 0.25) is 5.02 Å². The number of carbonyl (C=O) groups is 2. The lowest BCUT2D eigenvalue weighted by molar-refractivity contribution is -0.117. The molecule has 10 heteroatoms. The molecule has 5 aromatic rings. The average molecular weight is 515 g/mol. The molecule has 1 aliphatic heterocycles. The molecular weight excluding hydrogens is 496 g/mol. The Kier molecular flexibility index (Phi) is 5.24. The highest BCUT2D eigenvalue weighted by Crippen LogP contribution is 2.42. The van der Waals surface area contributed by atoms with Crippen LogP contribution in [0, 0.1) is 6.92 Å². The molecule has 6 rings (SSSR count). The predicted octanol–water partition coefficient (Wildman–Crippen LogP) is 5.46. The van der Waals surface area contributed by atoms with Crippen molar-refractivity contribution >= 4 is 51.2 Å². The zero-order valence-electron chi connectivity index (χ0n) is 19.7. The topological polar surface area (TPSA) is 122 Å². The van der Waals surface area contributed by atoms with E-state index in [9.17, 15) is 14.7 Å². The van der Waals surface area contributed by atoms with Crippen LogP contribution in [0.1, 0.15) is 27.7 Å². The number of amides is 1. The summed E-state index contributed by atoms with van der Waals surface area (Å²) in [5, 5.41) is 12.0. The number of fused-ring (bicyclic) bond motifs is 2. The number of aromatic nitrogens is 3. The molecular formula is C27H19ClN4O5. The van der Waals surface area contributed by atoms with Gasteiger partial charge >= 0.3 is 0 Å². The number of methoxy groups -OCH3 is 1. The third kappa shape index (κ3) is 3.63. The summed E-state index contributed by atoms with van der Waals surface area (Å²) in [5.41, 5.74) is 3.04. The van der Waals surface area contributed by atoms with Gasteiger partial charge in [-0.25, -0.2) is 4.98 Å². The number of Topliss-reactive ketones (excluding diaryl/α,β-unsaturated/α-hetero) is 1. The van der Waals surface area contributed by atoms with Crippen molar-refractivity contribution in [2.24, 2.45) is 0 Å². The molecule has 0 bridgehead atoms. The Morgan fingerprint density at radius 2 is 2.05 bits per heavy atom. The number of nitrogens with zero attached hydrogens (tertiary/aromatic N) is 3. The third-order valence-electron chi connectivity index (χ3n) is 6.30. The Labute approximate surface area is 215 Å². The molecule has 0 fully saturated rings. The smallest absolute Gasteiger partial charge is 0.296 e. The van der Waals surface area contributed by atoms with E-state index in [0.29, 0.717) is 38.3 Å². The van der Waals surface area contributed by atoms with Gasteiger partial charge in [-0.1, -0.05) is 23.7 Å². The number of hydrogen-bond donors (Lipinski definition) is 2. The van der Waals surface area contributed by atoms with E-state index >= 15 is 0 Å². The van der Waals surface area contributed by atoms with Crippen LogP contribution in [0.3, 0.4) is 0 Å². The summed E-state index contributed by atoms with van der Waals surface area (Å²) < 4.78 is 11.2. The summed E-state index contributed by atoms with van der Waals surface area (Å²) in [4.78, 5) is 40.3. The van der Waals surface area contributed by atoms with E-state index in [1.54, 1.807) is 30.5 Å². The number of anilines is 1. The van der Waals surface area contributed by atoms with Gasteiger partial charge in [0, 0.05) is 28.9 Å². The van der Waals surface area contributed by atoms with Gasteiger partial charge in [-0.2, -0.15) is 0 Å². The molecule has 184 valence electrons. The highest BCUT2D eigenvalue weighted by molar-refractivity contribution is 6.31. The number of ether oxygens (including phenoxy) is 1. The first-order valence-electron chi connectivity index (χ1n) is 11.3. The van der Waals surface area contributed by atoms with Gasteiger partial charge in [-0.15, -0.1) is 0 Å². The fraction of sp³-hybridized carbons (Fsp3) is 0.111. The molecule has 1 amide bonds. The minimum Gasteiger partial charge on any atom is -0.503 e. The van der Waals surface area contributed by atoms with Gasteiger partial charge in [0.2, 0.25) is 11.7 Å². The molecule has 9 nitrogen and oxygen atoms in total. The van der Waals surface area contributed by atoms with Gasteiger partial charge in [-0.05, 0) is 48.4 Å². The monoisotopic (exact) mass is 514 g/mol. The van der Waals surface area contributed by atoms with Crippen LogP contribution in [0.15, 0.2) is 76.7 Å². The first kappa shape index (κ1) is 22.8. The largest absolute Gasteiger partial charge is 0.503 e. The maximum atomic E-state index is 13.8. The molecule has 1 atom stereocenters. The van der Waals surface area contributed by atoms with E-state index in [1.807, 2.05) is 25.1 Å².